The Labute approximate surface area is 160 Å². The zero-order valence-electron chi connectivity index (χ0n) is 15.4. The molecule has 1 N–H and O–H groups in total. The Morgan fingerprint density at radius 3 is 2.71 bits per heavy atom. The standard InChI is InChI=1S/C18H21F3N6O/c1-2-3-4-9-26-10-11-27(16(28)18(19,20)21)15-12-13(5-6-14(15)26)24-25-17-22-7-8-23-17/h5-8,12H,2-4,9-11H2,1H3,(H,22,23). The molecule has 10 heteroatoms. The number of hydrogen-bond donors (Lipinski definition) is 1. The Bertz CT molecular complexity index is 834. The lowest BCUT2D eigenvalue weighted by atomic mass is 10.1. The molecule has 0 saturated heterocycles. The van der Waals surface area contributed by atoms with Gasteiger partial charge in [0.1, 0.15) is 0 Å². The third-order valence-electron chi connectivity index (χ3n) is 4.45. The van der Waals surface area contributed by atoms with E-state index in [-0.39, 0.29) is 18.2 Å². The Kier molecular flexibility index (Phi) is 5.96. The molecule has 3 rings (SSSR count). The molecule has 2 aromatic rings. The topological polar surface area (TPSA) is 76.9 Å². The summed E-state index contributed by atoms with van der Waals surface area (Å²) in [5, 5.41) is 7.91. The van der Waals surface area contributed by atoms with Gasteiger partial charge in [-0.2, -0.15) is 13.2 Å². The summed E-state index contributed by atoms with van der Waals surface area (Å²) in [5.74, 6) is -1.59. The SMILES string of the molecule is CCCCCN1CCN(C(=O)C(F)(F)F)c2cc(N=Nc3ncc[nH]3)ccc21. The maximum absolute atomic E-state index is 13.0. The molecule has 7 nitrogen and oxygen atoms in total. The molecular weight excluding hydrogens is 373 g/mol. The van der Waals surface area contributed by atoms with Crippen molar-refractivity contribution in [3.05, 3.63) is 30.6 Å². The van der Waals surface area contributed by atoms with Gasteiger partial charge in [-0.25, -0.2) is 4.98 Å². The van der Waals surface area contributed by atoms with Gasteiger partial charge in [0.2, 0.25) is 5.95 Å². The summed E-state index contributed by atoms with van der Waals surface area (Å²) in [6, 6.07) is 4.81. The van der Waals surface area contributed by atoms with Gasteiger partial charge >= 0.3 is 12.1 Å². The number of benzene rings is 1. The van der Waals surface area contributed by atoms with Crippen molar-refractivity contribution in [1.82, 2.24) is 9.97 Å². The average Bonchev–Trinajstić information content (AvgIpc) is 3.19. The highest BCUT2D eigenvalue weighted by Gasteiger charge is 2.44. The van der Waals surface area contributed by atoms with Crippen LogP contribution in [0.1, 0.15) is 26.2 Å². The first-order chi connectivity index (χ1) is 13.4. The number of nitrogens with zero attached hydrogens (tertiary/aromatic N) is 5. The van der Waals surface area contributed by atoms with Gasteiger partial charge in [0.25, 0.3) is 0 Å². The number of imidazole rings is 1. The molecule has 28 heavy (non-hydrogen) atoms. The molecule has 1 aromatic carbocycles. The number of aromatic amines is 1. The number of anilines is 2. The quantitative estimate of drug-likeness (QED) is 0.568. The summed E-state index contributed by atoms with van der Waals surface area (Å²) in [6.45, 7) is 3.13. The summed E-state index contributed by atoms with van der Waals surface area (Å²) in [5.41, 5.74) is 1.13. The van der Waals surface area contributed by atoms with Crippen molar-refractivity contribution in [2.75, 3.05) is 29.4 Å². The minimum Gasteiger partial charge on any atom is -0.368 e. The van der Waals surface area contributed by atoms with Gasteiger partial charge in [-0.05, 0) is 24.6 Å². The minimum absolute atomic E-state index is 0.0315. The third-order valence-corrected chi connectivity index (χ3v) is 4.45. The molecule has 1 amide bonds. The normalized spacial score (nSPS) is 14.6. The van der Waals surface area contributed by atoms with Gasteiger partial charge in [-0.1, -0.05) is 19.8 Å². The van der Waals surface area contributed by atoms with E-state index in [4.69, 9.17) is 0 Å². The smallest absolute Gasteiger partial charge is 0.368 e. The van der Waals surface area contributed by atoms with Crippen LogP contribution >= 0.6 is 0 Å². The van der Waals surface area contributed by atoms with E-state index in [9.17, 15) is 18.0 Å². The second-order valence-corrected chi connectivity index (χ2v) is 6.43. The first-order valence-corrected chi connectivity index (χ1v) is 9.09. The Morgan fingerprint density at radius 2 is 2.04 bits per heavy atom. The van der Waals surface area contributed by atoms with Gasteiger partial charge in [0.05, 0.1) is 17.1 Å². The molecule has 0 radical (unpaired) electrons. The van der Waals surface area contributed by atoms with Gasteiger partial charge < -0.3 is 14.8 Å². The zero-order chi connectivity index (χ0) is 20.1. The van der Waals surface area contributed by atoms with Crippen molar-refractivity contribution in [2.24, 2.45) is 10.2 Å². The first-order valence-electron chi connectivity index (χ1n) is 9.09. The molecular formula is C18H21F3N6O. The number of rotatable bonds is 6. The first kappa shape index (κ1) is 19.8. The molecule has 0 spiro atoms. The Balaban J connectivity index is 1.92. The van der Waals surface area contributed by atoms with Crippen molar-refractivity contribution in [3.63, 3.8) is 0 Å². The Hall–Kier alpha value is -2.91. The molecule has 0 bridgehead atoms. The highest BCUT2D eigenvalue weighted by Crippen LogP contribution is 2.38. The summed E-state index contributed by atoms with van der Waals surface area (Å²) < 4.78 is 39.1. The second-order valence-electron chi connectivity index (χ2n) is 6.43. The number of amides is 1. The van der Waals surface area contributed by atoms with Crippen molar-refractivity contribution in [1.29, 1.82) is 0 Å². The number of halogens is 3. The summed E-state index contributed by atoms with van der Waals surface area (Å²) >= 11 is 0. The van der Waals surface area contributed by atoms with Crippen LogP contribution < -0.4 is 9.80 Å². The van der Waals surface area contributed by atoms with E-state index in [1.54, 1.807) is 18.3 Å². The van der Waals surface area contributed by atoms with Crippen molar-refractivity contribution in [2.45, 2.75) is 32.4 Å². The minimum atomic E-state index is -4.94. The fourth-order valence-electron chi connectivity index (χ4n) is 3.08. The number of azo groups is 1. The highest BCUT2D eigenvalue weighted by molar-refractivity contribution is 6.01. The van der Waals surface area contributed by atoms with Crippen LogP contribution in [0.15, 0.2) is 40.8 Å². The van der Waals surface area contributed by atoms with Crippen LogP contribution in [0.3, 0.4) is 0 Å². The molecule has 0 unspecified atom stereocenters. The maximum atomic E-state index is 13.0. The molecule has 1 aromatic heterocycles. The van der Waals surface area contributed by atoms with Crippen LogP contribution in [0.2, 0.25) is 0 Å². The van der Waals surface area contributed by atoms with E-state index in [2.05, 4.69) is 27.1 Å². The average molecular weight is 394 g/mol. The van der Waals surface area contributed by atoms with E-state index < -0.39 is 12.1 Å². The van der Waals surface area contributed by atoms with Crippen molar-refractivity contribution >= 4 is 28.9 Å². The molecule has 1 aliphatic rings. The number of unbranched alkanes of at least 4 members (excludes halogenated alkanes) is 2. The highest BCUT2D eigenvalue weighted by atomic mass is 19.4. The number of nitrogens with one attached hydrogen (secondary N) is 1. The number of aromatic nitrogens is 2. The van der Waals surface area contributed by atoms with Crippen LogP contribution in [-0.2, 0) is 4.79 Å². The van der Waals surface area contributed by atoms with Gasteiger partial charge in [-0.3, -0.25) is 4.79 Å². The van der Waals surface area contributed by atoms with E-state index in [0.29, 0.717) is 17.9 Å². The summed E-state index contributed by atoms with van der Waals surface area (Å²) in [6.07, 6.45) is 1.17. The van der Waals surface area contributed by atoms with Crippen LogP contribution in [0.5, 0.6) is 0 Å². The lowest BCUT2D eigenvalue weighted by molar-refractivity contribution is -0.170. The number of fused-ring (bicyclic) bond motifs is 1. The third kappa shape index (κ3) is 4.49. The fourth-order valence-corrected chi connectivity index (χ4v) is 3.08. The number of H-pyrrole nitrogens is 1. The number of alkyl halides is 3. The van der Waals surface area contributed by atoms with Gasteiger partial charge in [-0.15, -0.1) is 10.2 Å². The van der Waals surface area contributed by atoms with Crippen LogP contribution in [0, 0.1) is 0 Å². The largest absolute Gasteiger partial charge is 0.471 e. The molecule has 0 saturated carbocycles. The number of carbonyl (C=O) groups is 1. The van der Waals surface area contributed by atoms with Crippen LogP contribution in [0.4, 0.5) is 36.2 Å². The fraction of sp³-hybridized carbons (Fsp3) is 0.444. The van der Waals surface area contributed by atoms with Crippen LogP contribution in [-0.4, -0.2) is 41.7 Å². The monoisotopic (exact) mass is 394 g/mol. The van der Waals surface area contributed by atoms with Crippen LogP contribution in [0.25, 0.3) is 0 Å². The Morgan fingerprint density at radius 1 is 1.21 bits per heavy atom. The van der Waals surface area contributed by atoms with Gasteiger partial charge in [0.15, 0.2) is 0 Å². The zero-order valence-corrected chi connectivity index (χ0v) is 15.4. The molecule has 150 valence electrons. The molecule has 1 aliphatic heterocycles. The van der Waals surface area contributed by atoms with E-state index in [1.165, 1.54) is 12.3 Å². The molecule has 2 heterocycles. The molecule has 0 atom stereocenters. The molecule has 0 aliphatic carbocycles. The van der Waals surface area contributed by atoms with E-state index >= 15 is 0 Å². The lowest BCUT2D eigenvalue weighted by Gasteiger charge is -2.38. The predicted octanol–water partition coefficient (Wildman–Crippen LogP) is 4.73. The van der Waals surface area contributed by atoms with Gasteiger partial charge in [0, 0.05) is 32.0 Å². The van der Waals surface area contributed by atoms with Crippen molar-refractivity contribution < 1.29 is 18.0 Å². The lowest BCUT2D eigenvalue weighted by Crippen LogP contribution is -2.49. The van der Waals surface area contributed by atoms with Crippen molar-refractivity contribution in [3.8, 4) is 0 Å². The second kappa shape index (κ2) is 8.41. The maximum Gasteiger partial charge on any atom is 0.471 e. The van der Waals surface area contributed by atoms with E-state index in [0.717, 1.165) is 30.7 Å². The summed E-state index contributed by atoms with van der Waals surface area (Å²) in [4.78, 5) is 21.4. The number of hydrogen-bond acceptors (Lipinski definition) is 5. The van der Waals surface area contributed by atoms with E-state index in [1.807, 2.05) is 4.90 Å². The summed E-state index contributed by atoms with van der Waals surface area (Å²) in [7, 11) is 0. The number of carbonyl (C=O) groups excluding carboxylic acids is 1. The predicted molar refractivity (Wildman–Crippen MR) is 99.4 cm³/mol. The molecule has 0 fully saturated rings.